The minimum atomic E-state index is -0.730. The van der Waals surface area contributed by atoms with E-state index in [9.17, 15) is 9.50 Å². The van der Waals surface area contributed by atoms with Crippen LogP contribution >= 0.6 is 11.6 Å². The summed E-state index contributed by atoms with van der Waals surface area (Å²) in [5.74, 6) is -0.482. The van der Waals surface area contributed by atoms with Crippen molar-refractivity contribution in [3.63, 3.8) is 0 Å². The molecule has 2 N–H and O–H groups in total. The summed E-state index contributed by atoms with van der Waals surface area (Å²) in [6.07, 6.45) is -0.730. The van der Waals surface area contributed by atoms with E-state index < -0.39 is 11.9 Å². The van der Waals surface area contributed by atoms with Crippen LogP contribution in [0.4, 0.5) is 10.1 Å². The van der Waals surface area contributed by atoms with Gasteiger partial charge in [-0.3, -0.25) is 0 Å². The van der Waals surface area contributed by atoms with Gasteiger partial charge in [0, 0.05) is 12.2 Å². The van der Waals surface area contributed by atoms with Gasteiger partial charge in [-0.15, -0.1) is 0 Å². The number of aliphatic hydroxyl groups excluding tert-OH is 1. The first-order valence-electron chi connectivity index (χ1n) is 5.97. The number of rotatable bonds is 4. The minimum Gasteiger partial charge on any atom is -0.387 e. The van der Waals surface area contributed by atoms with Gasteiger partial charge in [0.15, 0.2) is 0 Å². The zero-order chi connectivity index (χ0) is 14.5. The highest BCUT2D eigenvalue weighted by atomic mass is 35.5. The number of nitrogens with zero attached hydrogens (tertiary/aromatic N) is 1. The van der Waals surface area contributed by atoms with E-state index in [0.717, 1.165) is 0 Å². The van der Waals surface area contributed by atoms with Crippen molar-refractivity contribution in [1.29, 1.82) is 5.26 Å². The Morgan fingerprint density at radius 1 is 1.25 bits per heavy atom. The fourth-order valence-corrected chi connectivity index (χ4v) is 1.90. The summed E-state index contributed by atoms with van der Waals surface area (Å²) in [6.45, 7) is 0.258. The Morgan fingerprint density at radius 3 is 2.55 bits per heavy atom. The molecule has 0 aliphatic heterocycles. The number of hydrogen-bond donors (Lipinski definition) is 2. The number of anilines is 1. The molecule has 0 bridgehead atoms. The van der Waals surface area contributed by atoms with E-state index in [4.69, 9.17) is 16.9 Å². The van der Waals surface area contributed by atoms with Crippen LogP contribution in [0.15, 0.2) is 42.5 Å². The molecule has 0 aromatic heterocycles. The maximum atomic E-state index is 13.0. The SMILES string of the molecule is N#Cc1ccc(C(O)CNc2ccc(F)c(Cl)c2)cc1. The Morgan fingerprint density at radius 2 is 1.95 bits per heavy atom. The summed E-state index contributed by atoms with van der Waals surface area (Å²) in [6, 6.07) is 13.0. The van der Waals surface area contributed by atoms with Gasteiger partial charge >= 0.3 is 0 Å². The molecular weight excluding hydrogens is 279 g/mol. The van der Waals surface area contributed by atoms with Crippen LogP contribution in [0.25, 0.3) is 0 Å². The van der Waals surface area contributed by atoms with Crippen LogP contribution in [0.1, 0.15) is 17.2 Å². The molecule has 2 rings (SSSR count). The number of halogens is 2. The monoisotopic (exact) mass is 290 g/mol. The van der Waals surface area contributed by atoms with Gasteiger partial charge in [0.1, 0.15) is 5.82 Å². The van der Waals surface area contributed by atoms with Crippen molar-refractivity contribution < 1.29 is 9.50 Å². The first-order valence-corrected chi connectivity index (χ1v) is 6.35. The molecule has 1 atom stereocenters. The van der Waals surface area contributed by atoms with E-state index in [-0.39, 0.29) is 11.6 Å². The molecule has 2 aromatic carbocycles. The zero-order valence-corrected chi connectivity index (χ0v) is 11.2. The van der Waals surface area contributed by atoms with E-state index in [1.165, 1.54) is 12.1 Å². The van der Waals surface area contributed by atoms with Crippen LogP contribution in [0.2, 0.25) is 5.02 Å². The number of nitrogens with one attached hydrogen (secondary N) is 1. The lowest BCUT2D eigenvalue weighted by Crippen LogP contribution is -2.12. The van der Waals surface area contributed by atoms with Crippen LogP contribution in [0.5, 0.6) is 0 Å². The normalized spacial score (nSPS) is 11.7. The number of benzene rings is 2. The largest absolute Gasteiger partial charge is 0.387 e. The van der Waals surface area contributed by atoms with Gasteiger partial charge in [0.2, 0.25) is 0 Å². The van der Waals surface area contributed by atoms with Gasteiger partial charge in [-0.05, 0) is 35.9 Å². The van der Waals surface area contributed by atoms with Crippen LogP contribution in [0, 0.1) is 17.1 Å². The third-order valence-electron chi connectivity index (χ3n) is 2.84. The summed E-state index contributed by atoms with van der Waals surface area (Å²) >= 11 is 5.67. The van der Waals surface area contributed by atoms with E-state index >= 15 is 0 Å². The molecule has 0 amide bonds. The Hall–Kier alpha value is -2.09. The second-order valence-corrected chi connectivity index (χ2v) is 4.67. The molecule has 0 aliphatic carbocycles. The molecule has 0 fully saturated rings. The van der Waals surface area contributed by atoms with Crippen molar-refractivity contribution >= 4 is 17.3 Å². The quantitative estimate of drug-likeness (QED) is 0.906. The van der Waals surface area contributed by atoms with Crippen molar-refractivity contribution in [2.75, 3.05) is 11.9 Å². The Bertz CT molecular complexity index is 637. The maximum absolute atomic E-state index is 13.0. The van der Waals surface area contributed by atoms with E-state index in [2.05, 4.69) is 5.32 Å². The summed E-state index contributed by atoms with van der Waals surface area (Å²) in [5, 5.41) is 21.7. The summed E-state index contributed by atoms with van der Waals surface area (Å²) in [5.41, 5.74) is 1.87. The Balaban J connectivity index is 1.99. The van der Waals surface area contributed by atoms with Gasteiger partial charge in [-0.1, -0.05) is 23.7 Å². The predicted octanol–water partition coefficient (Wildman–Crippen LogP) is 3.50. The van der Waals surface area contributed by atoms with E-state index in [1.54, 1.807) is 30.3 Å². The van der Waals surface area contributed by atoms with E-state index in [1.807, 2.05) is 6.07 Å². The standard InChI is InChI=1S/C15H12ClFN2O/c16-13-7-12(5-6-14(13)17)19-9-15(20)11-3-1-10(8-18)2-4-11/h1-7,15,19-20H,9H2. The van der Waals surface area contributed by atoms with Gasteiger partial charge < -0.3 is 10.4 Å². The van der Waals surface area contributed by atoms with Gasteiger partial charge in [-0.25, -0.2) is 4.39 Å². The number of nitriles is 1. The van der Waals surface area contributed by atoms with Gasteiger partial charge in [0.25, 0.3) is 0 Å². The molecule has 2 aromatic rings. The zero-order valence-electron chi connectivity index (χ0n) is 10.5. The van der Waals surface area contributed by atoms with Crippen LogP contribution in [-0.2, 0) is 0 Å². The first kappa shape index (κ1) is 14.3. The van der Waals surface area contributed by atoms with Crippen LogP contribution < -0.4 is 5.32 Å². The van der Waals surface area contributed by atoms with Crippen molar-refractivity contribution in [3.8, 4) is 6.07 Å². The molecule has 5 heteroatoms. The fraction of sp³-hybridized carbons (Fsp3) is 0.133. The third kappa shape index (κ3) is 3.47. The lowest BCUT2D eigenvalue weighted by atomic mass is 10.1. The molecule has 0 radical (unpaired) electrons. The average Bonchev–Trinajstić information content (AvgIpc) is 2.48. The summed E-state index contributed by atoms with van der Waals surface area (Å²) in [7, 11) is 0. The molecule has 0 aliphatic rings. The van der Waals surface area contributed by atoms with Gasteiger partial charge in [0.05, 0.1) is 22.8 Å². The van der Waals surface area contributed by atoms with Crippen molar-refractivity contribution in [1.82, 2.24) is 0 Å². The fourth-order valence-electron chi connectivity index (χ4n) is 1.72. The van der Waals surface area contributed by atoms with Crippen molar-refractivity contribution in [2.45, 2.75) is 6.10 Å². The van der Waals surface area contributed by atoms with Crippen molar-refractivity contribution in [2.24, 2.45) is 0 Å². The topological polar surface area (TPSA) is 56.0 Å². The van der Waals surface area contributed by atoms with Crippen LogP contribution in [0.3, 0.4) is 0 Å². The molecule has 102 valence electrons. The number of hydrogen-bond acceptors (Lipinski definition) is 3. The van der Waals surface area contributed by atoms with Crippen LogP contribution in [-0.4, -0.2) is 11.7 Å². The minimum absolute atomic E-state index is 0.0304. The second kappa shape index (κ2) is 6.38. The lowest BCUT2D eigenvalue weighted by Gasteiger charge is -2.13. The Labute approximate surface area is 121 Å². The summed E-state index contributed by atoms with van der Waals surface area (Å²) < 4.78 is 13.0. The predicted molar refractivity (Wildman–Crippen MR) is 76.0 cm³/mol. The molecule has 0 spiro atoms. The second-order valence-electron chi connectivity index (χ2n) is 4.26. The third-order valence-corrected chi connectivity index (χ3v) is 3.13. The van der Waals surface area contributed by atoms with Gasteiger partial charge in [-0.2, -0.15) is 5.26 Å². The average molecular weight is 291 g/mol. The highest BCUT2D eigenvalue weighted by molar-refractivity contribution is 6.31. The Kier molecular flexibility index (Phi) is 4.57. The molecule has 0 heterocycles. The molecule has 20 heavy (non-hydrogen) atoms. The molecule has 1 unspecified atom stereocenters. The molecule has 3 nitrogen and oxygen atoms in total. The highest BCUT2D eigenvalue weighted by Crippen LogP contribution is 2.20. The first-order chi connectivity index (χ1) is 9.60. The maximum Gasteiger partial charge on any atom is 0.141 e. The number of aliphatic hydroxyl groups is 1. The molecular formula is C15H12ClFN2O. The lowest BCUT2D eigenvalue weighted by molar-refractivity contribution is 0.191. The summed E-state index contributed by atoms with van der Waals surface area (Å²) in [4.78, 5) is 0. The molecule has 0 saturated carbocycles. The smallest absolute Gasteiger partial charge is 0.141 e. The molecule has 0 saturated heterocycles. The van der Waals surface area contributed by atoms with Crippen molar-refractivity contribution in [3.05, 3.63) is 64.4 Å². The van der Waals surface area contributed by atoms with E-state index in [0.29, 0.717) is 16.8 Å². The highest BCUT2D eigenvalue weighted by Gasteiger charge is 2.08.